The van der Waals surface area contributed by atoms with E-state index in [-0.39, 0.29) is 5.69 Å². The summed E-state index contributed by atoms with van der Waals surface area (Å²) >= 11 is 1.19. The number of halogens is 3. The second-order valence-electron chi connectivity index (χ2n) is 6.22. The fourth-order valence-electron chi connectivity index (χ4n) is 2.89. The topological polar surface area (TPSA) is 59.1 Å². The molecular weight excluding hydrogens is 433 g/mol. The number of hydrogen-bond donors (Lipinski definition) is 1. The van der Waals surface area contributed by atoms with E-state index >= 15 is 0 Å². The molecule has 0 bridgehead atoms. The Labute approximate surface area is 174 Å². The molecule has 0 atom stereocenters. The molecule has 0 fully saturated rings. The lowest BCUT2D eigenvalue weighted by molar-refractivity contribution is 0.521. The highest BCUT2D eigenvalue weighted by atomic mass is 32.2. The second-order valence-corrected chi connectivity index (χ2v) is 8.70. The van der Waals surface area contributed by atoms with Gasteiger partial charge in [-0.15, -0.1) is 11.3 Å². The summed E-state index contributed by atoms with van der Waals surface area (Å²) in [6, 6.07) is 15.3. The van der Waals surface area contributed by atoms with Crippen molar-refractivity contribution in [2.24, 2.45) is 0 Å². The van der Waals surface area contributed by atoms with Crippen LogP contribution in [0.5, 0.6) is 0 Å². The summed E-state index contributed by atoms with van der Waals surface area (Å²) in [7, 11) is -4.54. The first-order valence-electron chi connectivity index (χ1n) is 8.63. The van der Waals surface area contributed by atoms with E-state index in [9.17, 15) is 21.6 Å². The van der Waals surface area contributed by atoms with E-state index in [0.717, 1.165) is 18.2 Å². The van der Waals surface area contributed by atoms with Gasteiger partial charge in [0.2, 0.25) is 0 Å². The molecule has 0 saturated heterocycles. The Morgan fingerprint density at radius 3 is 2.07 bits per heavy atom. The molecule has 0 unspecified atom stereocenters. The average molecular weight is 446 g/mol. The number of benzene rings is 3. The molecule has 0 aliphatic heterocycles. The molecular formula is C21H13F3N2O2S2. The number of hydrogen-bond acceptors (Lipinski definition) is 4. The SMILES string of the molecule is O=S(=O)(Nc1ccccc1-c1csc(-c2ccccc2F)n1)c1c(F)cccc1F. The summed E-state index contributed by atoms with van der Waals surface area (Å²) in [4.78, 5) is 3.34. The smallest absolute Gasteiger partial charge is 0.267 e. The van der Waals surface area contributed by atoms with Gasteiger partial charge in [0.1, 0.15) is 22.5 Å². The molecule has 0 aliphatic carbocycles. The summed E-state index contributed by atoms with van der Waals surface area (Å²) in [6.07, 6.45) is 0. The minimum atomic E-state index is -4.54. The first kappa shape index (κ1) is 20.1. The Morgan fingerprint density at radius 1 is 0.767 bits per heavy atom. The molecule has 1 aromatic heterocycles. The van der Waals surface area contributed by atoms with Crippen LogP contribution in [0.1, 0.15) is 0 Å². The van der Waals surface area contributed by atoms with Crippen molar-refractivity contribution in [3.63, 3.8) is 0 Å². The maximum Gasteiger partial charge on any atom is 0.267 e. The highest BCUT2D eigenvalue weighted by Crippen LogP contribution is 2.34. The van der Waals surface area contributed by atoms with Gasteiger partial charge in [0.25, 0.3) is 10.0 Å². The average Bonchev–Trinajstić information content (AvgIpc) is 3.18. The van der Waals surface area contributed by atoms with Crippen molar-refractivity contribution in [1.82, 2.24) is 4.98 Å². The molecule has 0 radical (unpaired) electrons. The zero-order valence-corrected chi connectivity index (χ0v) is 16.8. The van der Waals surface area contributed by atoms with Gasteiger partial charge in [0.05, 0.1) is 11.4 Å². The molecule has 4 rings (SSSR count). The van der Waals surface area contributed by atoms with Crippen LogP contribution in [0.15, 0.2) is 77.0 Å². The van der Waals surface area contributed by atoms with Gasteiger partial charge in [-0.2, -0.15) is 0 Å². The molecule has 4 nitrogen and oxygen atoms in total. The number of anilines is 1. The van der Waals surface area contributed by atoms with Gasteiger partial charge in [-0.1, -0.05) is 36.4 Å². The van der Waals surface area contributed by atoms with Gasteiger partial charge in [-0.05, 0) is 30.3 Å². The normalized spacial score (nSPS) is 11.4. The number of aromatic nitrogens is 1. The van der Waals surface area contributed by atoms with Gasteiger partial charge in [0, 0.05) is 16.5 Å². The van der Waals surface area contributed by atoms with Crippen LogP contribution in [0.4, 0.5) is 18.9 Å². The highest BCUT2D eigenvalue weighted by Gasteiger charge is 2.25. The zero-order chi connectivity index (χ0) is 21.3. The van der Waals surface area contributed by atoms with Gasteiger partial charge < -0.3 is 0 Å². The number of nitrogens with one attached hydrogen (secondary N) is 1. The zero-order valence-electron chi connectivity index (χ0n) is 15.1. The molecule has 30 heavy (non-hydrogen) atoms. The summed E-state index contributed by atoms with van der Waals surface area (Å²) in [5, 5.41) is 2.07. The monoisotopic (exact) mass is 446 g/mol. The van der Waals surface area contributed by atoms with E-state index in [1.807, 2.05) is 0 Å². The Kier molecular flexibility index (Phi) is 5.31. The van der Waals surface area contributed by atoms with E-state index in [0.29, 0.717) is 21.8 Å². The summed E-state index contributed by atoms with van der Waals surface area (Å²) in [5.41, 5.74) is 1.19. The van der Waals surface area contributed by atoms with Gasteiger partial charge >= 0.3 is 0 Å². The van der Waals surface area contributed by atoms with Crippen molar-refractivity contribution in [3.05, 3.63) is 89.6 Å². The number of para-hydroxylation sites is 1. The number of rotatable bonds is 5. The van der Waals surface area contributed by atoms with Crippen LogP contribution >= 0.6 is 11.3 Å². The molecule has 0 aliphatic rings. The number of thiazole rings is 1. The highest BCUT2D eigenvalue weighted by molar-refractivity contribution is 7.92. The third-order valence-corrected chi connectivity index (χ3v) is 6.54. The van der Waals surface area contributed by atoms with Crippen LogP contribution in [-0.2, 0) is 10.0 Å². The van der Waals surface area contributed by atoms with E-state index in [2.05, 4.69) is 9.71 Å². The first-order valence-corrected chi connectivity index (χ1v) is 11.0. The minimum absolute atomic E-state index is 0.0885. The molecule has 1 N–H and O–H groups in total. The predicted octanol–water partition coefficient (Wildman–Crippen LogP) is 5.70. The van der Waals surface area contributed by atoms with Crippen molar-refractivity contribution >= 4 is 27.0 Å². The summed E-state index contributed by atoms with van der Waals surface area (Å²) in [5.74, 6) is -2.83. The largest absolute Gasteiger partial charge is 0.279 e. The predicted molar refractivity (Wildman–Crippen MR) is 110 cm³/mol. The minimum Gasteiger partial charge on any atom is -0.279 e. The Balaban J connectivity index is 1.74. The van der Waals surface area contributed by atoms with Crippen LogP contribution in [-0.4, -0.2) is 13.4 Å². The quantitative estimate of drug-likeness (QED) is 0.428. The lowest BCUT2D eigenvalue weighted by Crippen LogP contribution is -2.17. The van der Waals surface area contributed by atoms with Crippen LogP contribution in [0, 0.1) is 17.5 Å². The fraction of sp³-hybridized carbons (Fsp3) is 0. The second kappa shape index (κ2) is 7.92. The first-order chi connectivity index (χ1) is 14.4. The van der Waals surface area contributed by atoms with Crippen molar-refractivity contribution in [2.75, 3.05) is 4.72 Å². The van der Waals surface area contributed by atoms with E-state index in [1.165, 1.54) is 23.5 Å². The lowest BCUT2D eigenvalue weighted by atomic mass is 10.1. The van der Waals surface area contributed by atoms with E-state index in [4.69, 9.17) is 0 Å². The maximum absolute atomic E-state index is 14.1. The van der Waals surface area contributed by atoms with Crippen LogP contribution in [0.3, 0.4) is 0 Å². The number of nitrogens with zero attached hydrogens (tertiary/aromatic N) is 1. The Morgan fingerprint density at radius 2 is 1.37 bits per heavy atom. The van der Waals surface area contributed by atoms with Crippen molar-refractivity contribution in [1.29, 1.82) is 0 Å². The van der Waals surface area contributed by atoms with Gasteiger partial charge in [-0.25, -0.2) is 26.6 Å². The molecule has 0 saturated carbocycles. The summed E-state index contributed by atoms with van der Waals surface area (Å²) < 4.78 is 69.6. The molecule has 0 spiro atoms. The van der Waals surface area contributed by atoms with Crippen molar-refractivity contribution < 1.29 is 21.6 Å². The fourth-order valence-corrected chi connectivity index (χ4v) is 4.95. The Bertz CT molecular complexity index is 1320. The van der Waals surface area contributed by atoms with Crippen LogP contribution < -0.4 is 4.72 Å². The van der Waals surface area contributed by atoms with Crippen molar-refractivity contribution in [2.45, 2.75) is 4.90 Å². The third-order valence-electron chi connectivity index (χ3n) is 4.24. The van der Waals surface area contributed by atoms with E-state index in [1.54, 1.807) is 41.8 Å². The van der Waals surface area contributed by atoms with Gasteiger partial charge in [0.15, 0.2) is 4.90 Å². The Hall–Kier alpha value is -3.17. The lowest BCUT2D eigenvalue weighted by Gasteiger charge is -2.12. The molecule has 0 amide bonds. The van der Waals surface area contributed by atoms with Crippen molar-refractivity contribution in [3.8, 4) is 21.8 Å². The maximum atomic E-state index is 14.1. The molecule has 152 valence electrons. The third kappa shape index (κ3) is 3.81. The van der Waals surface area contributed by atoms with Crippen LogP contribution in [0.25, 0.3) is 21.8 Å². The van der Waals surface area contributed by atoms with Crippen LogP contribution in [0.2, 0.25) is 0 Å². The summed E-state index contributed by atoms with van der Waals surface area (Å²) in [6.45, 7) is 0. The van der Waals surface area contributed by atoms with E-state index < -0.39 is 32.4 Å². The molecule has 4 aromatic rings. The standard InChI is InChI=1S/C21H13F3N2O2S2/c22-15-8-3-1-6-13(15)21-25-19(12-29-21)14-7-2-4-11-18(14)26-30(27,28)20-16(23)9-5-10-17(20)24/h1-12,26H. The molecule has 1 heterocycles. The molecule has 9 heteroatoms. The number of sulfonamides is 1. The molecule has 3 aromatic carbocycles. The van der Waals surface area contributed by atoms with Gasteiger partial charge in [-0.3, -0.25) is 4.72 Å².